The summed E-state index contributed by atoms with van der Waals surface area (Å²) in [5, 5.41) is 7.12. The van der Waals surface area contributed by atoms with Crippen LogP contribution in [0.5, 0.6) is 0 Å². The predicted octanol–water partition coefficient (Wildman–Crippen LogP) is 5.40. The van der Waals surface area contributed by atoms with E-state index in [1.165, 1.54) is 12.3 Å². The Morgan fingerprint density at radius 2 is 2.03 bits per heavy atom. The number of ether oxygens (including phenoxy) is 1. The standard InChI is InChI=1S/C25H27F4N7O/c1-3-19-15-36(10-11-37-19)23-20(26)14-30-24(34-23)35-31-13-18-8-9-22(21(4-2)33-18)32-17-7-5-6-16(12-17)25(27,28)29/h5-9,12-14,19,32H,3-4,10-11,15H2,1-2H3,(H,30,34,35)/b31-13+. The molecule has 1 unspecified atom stereocenters. The lowest BCUT2D eigenvalue weighted by atomic mass is 10.1. The maximum absolute atomic E-state index is 14.4. The molecule has 3 heterocycles. The van der Waals surface area contributed by atoms with Crippen molar-refractivity contribution in [3.05, 3.63) is 65.4 Å². The van der Waals surface area contributed by atoms with Crippen molar-refractivity contribution >= 4 is 29.4 Å². The van der Waals surface area contributed by atoms with Crippen molar-refractivity contribution in [2.45, 2.75) is 39.0 Å². The monoisotopic (exact) mass is 517 g/mol. The summed E-state index contributed by atoms with van der Waals surface area (Å²) in [4.78, 5) is 14.6. The fourth-order valence-corrected chi connectivity index (χ4v) is 3.85. The molecule has 2 N–H and O–H groups in total. The highest BCUT2D eigenvalue weighted by atomic mass is 19.4. The Bertz CT molecular complexity index is 1250. The number of nitrogens with one attached hydrogen (secondary N) is 2. The summed E-state index contributed by atoms with van der Waals surface area (Å²) in [5.74, 6) is -0.207. The van der Waals surface area contributed by atoms with E-state index >= 15 is 0 Å². The molecule has 0 amide bonds. The molecule has 1 atom stereocenters. The van der Waals surface area contributed by atoms with Crippen LogP contribution in [0.2, 0.25) is 0 Å². The minimum atomic E-state index is -4.42. The van der Waals surface area contributed by atoms with Crippen molar-refractivity contribution in [2.24, 2.45) is 5.10 Å². The highest BCUT2D eigenvalue weighted by molar-refractivity contribution is 5.79. The number of aryl methyl sites for hydroxylation is 1. The van der Waals surface area contributed by atoms with E-state index in [0.717, 1.165) is 24.8 Å². The molecule has 4 rings (SSSR count). The van der Waals surface area contributed by atoms with Gasteiger partial charge in [-0.2, -0.15) is 23.3 Å². The van der Waals surface area contributed by atoms with Crippen LogP contribution < -0.4 is 15.6 Å². The van der Waals surface area contributed by atoms with Gasteiger partial charge in [-0.05, 0) is 43.2 Å². The van der Waals surface area contributed by atoms with Crippen LogP contribution in [0.1, 0.15) is 37.2 Å². The Morgan fingerprint density at radius 3 is 2.78 bits per heavy atom. The molecule has 196 valence electrons. The Labute approximate surface area is 211 Å². The second kappa shape index (κ2) is 11.5. The number of hydrogen-bond donors (Lipinski definition) is 2. The molecule has 1 aliphatic heterocycles. The lowest BCUT2D eigenvalue weighted by molar-refractivity contribution is -0.137. The largest absolute Gasteiger partial charge is 0.416 e. The number of benzene rings is 1. The Morgan fingerprint density at radius 1 is 1.19 bits per heavy atom. The maximum Gasteiger partial charge on any atom is 0.416 e. The van der Waals surface area contributed by atoms with Gasteiger partial charge in [0.15, 0.2) is 11.6 Å². The van der Waals surface area contributed by atoms with Crippen molar-refractivity contribution in [2.75, 3.05) is 35.3 Å². The lowest BCUT2D eigenvalue weighted by Gasteiger charge is -2.33. The minimum Gasteiger partial charge on any atom is -0.375 e. The average molecular weight is 518 g/mol. The first-order chi connectivity index (χ1) is 17.8. The molecule has 0 spiro atoms. The van der Waals surface area contributed by atoms with E-state index in [1.807, 2.05) is 18.7 Å². The van der Waals surface area contributed by atoms with Gasteiger partial charge in [0.25, 0.3) is 0 Å². The molecule has 12 heteroatoms. The number of aromatic nitrogens is 3. The number of nitrogens with zero attached hydrogens (tertiary/aromatic N) is 5. The third-order valence-corrected chi connectivity index (χ3v) is 5.78. The first-order valence-electron chi connectivity index (χ1n) is 11.9. The fraction of sp³-hybridized carbons (Fsp3) is 0.360. The van der Waals surface area contributed by atoms with Crippen LogP contribution in [0.4, 0.5) is 40.7 Å². The normalized spacial score (nSPS) is 16.3. The highest BCUT2D eigenvalue weighted by Gasteiger charge is 2.30. The second-order valence-electron chi connectivity index (χ2n) is 8.37. The molecule has 37 heavy (non-hydrogen) atoms. The summed E-state index contributed by atoms with van der Waals surface area (Å²) >= 11 is 0. The predicted molar refractivity (Wildman–Crippen MR) is 134 cm³/mol. The van der Waals surface area contributed by atoms with Crippen molar-refractivity contribution in [1.29, 1.82) is 0 Å². The number of rotatable bonds is 8. The van der Waals surface area contributed by atoms with Gasteiger partial charge in [0.05, 0.1) is 47.8 Å². The van der Waals surface area contributed by atoms with E-state index in [9.17, 15) is 17.6 Å². The number of morpholine rings is 1. The lowest BCUT2D eigenvalue weighted by Crippen LogP contribution is -2.43. The molecule has 3 aromatic rings. The van der Waals surface area contributed by atoms with Crippen LogP contribution in [0.25, 0.3) is 0 Å². The summed E-state index contributed by atoms with van der Waals surface area (Å²) < 4.78 is 59.1. The van der Waals surface area contributed by atoms with E-state index in [1.54, 1.807) is 18.2 Å². The summed E-state index contributed by atoms with van der Waals surface area (Å²) in [6.07, 6.45) is -0.493. The number of halogens is 4. The molecule has 1 fully saturated rings. The smallest absolute Gasteiger partial charge is 0.375 e. The molecule has 0 saturated carbocycles. The first-order valence-corrected chi connectivity index (χ1v) is 11.9. The van der Waals surface area contributed by atoms with E-state index in [2.05, 4.69) is 30.8 Å². The van der Waals surface area contributed by atoms with Crippen LogP contribution in [0.3, 0.4) is 0 Å². The Kier molecular flexibility index (Phi) is 8.17. The van der Waals surface area contributed by atoms with Gasteiger partial charge < -0.3 is 15.0 Å². The number of anilines is 4. The van der Waals surface area contributed by atoms with Crippen molar-refractivity contribution < 1.29 is 22.3 Å². The average Bonchev–Trinajstić information content (AvgIpc) is 2.90. The quantitative estimate of drug-likeness (QED) is 0.235. The number of hydrazone groups is 1. The van der Waals surface area contributed by atoms with Crippen LogP contribution >= 0.6 is 0 Å². The van der Waals surface area contributed by atoms with E-state index in [4.69, 9.17) is 4.74 Å². The van der Waals surface area contributed by atoms with Gasteiger partial charge in [-0.1, -0.05) is 19.9 Å². The van der Waals surface area contributed by atoms with Crippen LogP contribution in [0, 0.1) is 5.82 Å². The van der Waals surface area contributed by atoms with E-state index in [-0.39, 0.29) is 17.9 Å². The molecular formula is C25H27F4N7O. The SMILES string of the molecule is CCc1nc(/C=N/Nc2ncc(F)c(N3CCOC(CC)C3)n2)ccc1Nc1cccc(C(F)(F)F)c1. The third-order valence-electron chi connectivity index (χ3n) is 5.78. The molecule has 0 radical (unpaired) electrons. The van der Waals surface area contributed by atoms with E-state index in [0.29, 0.717) is 48.9 Å². The Balaban J connectivity index is 1.44. The summed E-state index contributed by atoms with van der Waals surface area (Å²) in [6.45, 7) is 5.46. The van der Waals surface area contributed by atoms with Crippen LogP contribution in [0.15, 0.2) is 47.7 Å². The van der Waals surface area contributed by atoms with Crippen molar-refractivity contribution in [1.82, 2.24) is 15.0 Å². The van der Waals surface area contributed by atoms with Crippen LogP contribution in [-0.2, 0) is 17.3 Å². The molecule has 8 nitrogen and oxygen atoms in total. The van der Waals surface area contributed by atoms with Gasteiger partial charge in [0.2, 0.25) is 5.95 Å². The van der Waals surface area contributed by atoms with Crippen molar-refractivity contribution in [3.8, 4) is 0 Å². The summed E-state index contributed by atoms with van der Waals surface area (Å²) in [6, 6.07) is 8.38. The maximum atomic E-state index is 14.4. The van der Waals surface area contributed by atoms with Crippen molar-refractivity contribution in [3.63, 3.8) is 0 Å². The first kappa shape index (κ1) is 26.3. The Hall–Kier alpha value is -3.80. The van der Waals surface area contributed by atoms with Gasteiger partial charge in [-0.25, -0.2) is 19.8 Å². The van der Waals surface area contributed by atoms with Gasteiger partial charge in [-0.3, -0.25) is 0 Å². The zero-order valence-electron chi connectivity index (χ0n) is 20.4. The van der Waals surface area contributed by atoms with E-state index < -0.39 is 17.6 Å². The van der Waals surface area contributed by atoms with Gasteiger partial charge in [-0.15, -0.1) is 0 Å². The number of alkyl halides is 3. The third kappa shape index (κ3) is 6.70. The summed E-state index contributed by atoms with van der Waals surface area (Å²) in [7, 11) is 0. The zero-order valence-corrected chi connectivity index (χ0v) is 20.4. The minimum absolute atomic E-state index is 0.0161. The molecule has 1 saturated heterocycles. The molecule has 2 aromatic heterocycles. The van der Waals surface area contributed by atoms with Crippen LogP contribution in [-0.4, -0.2) is 47.0 Å². The van der Waals surface area contributed by atoms with Gasteiger partial charge >= 0.3 is 6.18 Å². The molecule has 0 bridgehead atoms. The van der Waals surface area contributed by atoms with Gasteiger partial charge in [0, 0.05) is 18.8 Å². The topological polar surface area (TPSA) is 87.6 Å². The molecule has 0 aliphatic carbocycles. The van der Waals surface area contributed by atoms with Gasteiger partial charge in [0.1, 0.15) is 0 Å². The molecule has 1 aliphatic rings. The second-order valence-corrected chi connectivity index (χ2v) is 8.37. The number of pyridine rings is 1. The molecule has 1 aromatic carbocycles. The fourth-order valence-electron chi connectivity index (χ4n) is 3.85. The highest BCUT2D eigenvalue weighted by Crippen LogP contribution is 2.32. The molecular weight excluding hydrogens is 490 g/mol. The summed E-state index contributed by atoms with van der Waals surface area (Å²) in [5.41, 5.74) is 4.03. The number of hydrogen-bond acceptors (Lipinski definition) is 8. The zero-order chi connectivity index (χ0) is 26.4.